The van der Waals surface area contributed by atoms with E-state index >= 15 is 0 Å². The molecule has 0 fully saturated rings. The highest BCUT2D eigenvalue weighted by Crippen LogP contribution is 2.22. The number of carboxylic acids is 1. The van der Waals surface area contributed by atoms with Crippen LogP contribution in [0, 0.1) is 0 Å². The standard InChI is InChI=1S/C19H20N2O3/c1-13(2)18-20-15-8-4-5-9-16(15)21(18)11-12-24-17-10-6-3-7-14(17)19(22)23/h3-10,13H,11-12H2,1-2H3,(H,22,23). The zero-order valence-corrected chi connectivity index (χ0v) is 13.8. The summed E-state index contributed by atoms with van der Waals surface area (Å²) in [7, 11) is 0. The van der Waals surface area contributed by atoms with Gasteiger partial charge in [-0.1, -0.05) is 38.1 Å². The molecule has 0 radical (unpaired) electrons. The van der Waals surface area contributed by atoms with Crippen LogP contribution >= 0.6 is 0 Å². The van der Waals surface area contributed by atoms with Gasteiger partial charge in [0.05, 0.1) is 17.6 Å². The number of carboxylic acid groups (broad SMARTS) is 1. The Morgan fingerprint density at radius 3 is 2.62 bits per heavy atom. The molecule has 124 valence electrons. The van der Waals surface area contributed by atoms with Crippen LogP contribution in [0.3, 0.4) is 0 Å². The number of hydrogen-bond donors (Lipinski definition) is 1. The van der Waals surface area contributed by atoms with Gasteiger partial charge in [0.1, 0.15) is 23.7 Å². The monoisotopic (exact) mass is 324 g/mol. The van der Waals surface area contributed by atoms with Crippen molar-refractivity contribution in [2.75, 3.05) is 6.61 Å². The molecule has 1 heterocycles. The van der Waals surface area contributed by atoms with Crippen LogP contribution in [0.25, 0.3) is 11.0 Å². The first-order valence-corrected chi connectivity index (χ1v) is 7.98. The van der Waals surface area contributed by atoms with E-state index in [0.717, 1.165) is 16.9 Å². The SMILES string of the molecule is CC(C)c1nc2ccccc2n1CCOc1ccccc1C(=O)O. The number of carbonyl (C=O) groups is 1. The Bertz CT molecular complexity index is 868. The Morgan fingerprint density at radius 2 is 1.88 bits per heavy atom. The molecule has 3 rings (SSSR count). The van der Waals surface area contributed by atoms with Crippen LogP contribution in [0.15, 0.2) is 48.5 Å². The summed E-state index contributed by atoms with van der Waals surface area (Å²) in [5.41, 5.74) is 2.21. The summed E-state index contributed by atoms with van der Waals surface area (Å²) >= 11 is 0. The van der Waals surface area contributed by atoms with Crippen LogP contribution in [0.5, 0.6) is 5.75 Å². The molecule has 0 atom stereocenters. The first-order chi connectivity index (χ1) is 11.6. The van der Waals surface area contributed by atoms with E-state index in [1.807, 2.05) is 24.3 Å². The van der Waals surface area contributed by atoms with E-state index in [1.54, 1.807) is 24.3 Å². The molecule has 0 spiro atoms. The number of para-hydroxylation sites is 3. The van der Waals surface area contributed by atoms with Gasteiger partial charge in [-0.2, -0.15) is 0 Å². The van der Waals surface area contributed by atoms with Crippen molar-refractivity contribution in [2.24, 2.45) is 0 Å². The zero-order chi connectivity index (χ0) is 17.1. The Morgan fingerprint density at radius 1 is 1.17 bits per heavy atom. The molecule has 24 heavy (non-hydrogen) atoms. The molecule has 0 bridgehead atoms. The van der Waals surface area contributed by atoms with E-state index in [4.69, 9.17) is 9.72 Å². The molecular weight excluding hydrogens is 304 g/mol. The predicted octanol–water partition coefficient (Wildman–Crippen LogP) is 3.94. The van der Waals surface area contributed by atoms with E-state index in [1.165, 1.54) is 0 Å². The van der Waals surface area contributed by atoms with Crippen molar-refractivity contribution in [1.82, 2.24) is 9.55 Å². The van der Waals surface area contributed by atoms with Crippen LogP contribution < -0.4 is 4.74 Å². The molecule has 0 aliphatic heterocycles. The third-order valence-corrected chi connectivity index (χ3v) is 3.89. The normalized spacial score (nSPS) is 11.1. The number of rotatable bonds is 6. The highest BCUT2D eigenvalue weighted by molar-refractivity contribution is 5.90. The minimum absolute atomic E-state index is 0.178. The van der Waals surface area contributed by atoms with Crippen LogP contribution in [0.2, 0.25) is 0 Å². The van der Waals surface area contributed by atoms with Crippen LogP contribution in [0.4, 0.5) is 0 Å². The number of benzene rings is 2. The van der Waals surface area contributed by atoms with Crippen molar-refractivity contribution in [1.29, 1.82) is 0 Å². The van der Waals surface area contributed by atoms with Gasteiger partial charge in [0.25, 0.3) is 0 Å². The highest BCUT2D eigenvalue weighted by Gasteiger charge is 2.14. The van der Waals surface area contributed by atoms with E-state index < -0.39 is 5.97 Å². The van der Waals surface area contributed by atoms with Gasteiger partial charge < -0.3 is 14.4 Å². The third kappa shape index (κ3) is 3.11. The minimum Gasteiger partial charge on any atom is -0.491 e. The maximum absolute atomic E-state index is 11.2. The van der Waals surface area contributed by atoms with Gasteiger partial charge in [-0.3, -0.25) is 0 Å². The average Bonchev–Trinajstić information content (AvgIpc) is 2.94. The summed E-state index contributed by atoms with van der Waals surface area (Å²) in [6.45, 7) is 5.21. The lowest BCUT2D eigenvalue weighted by molar-refractivity contribution is 0.0692. The van der Waals surface area contributed by atoms with E-state index in [2.05, 4.69) is 18.4 Å². The number of aromatic carboxylic acids is 1. The molecule has 0 amide bonds. The Balaban J connectivity index is 1.82. The highest BCUT2D eigenvalue weighted by atomic mass is 16.5. The zero-order valence-electron chi connectivity index (χ0n) is 13.8. The second-order valence-electron chi connectivity index (χ2n) is 5.91. The van der Waals surface area contributed by atoms with Crippen LogP contribution in [-0.2, 0) is 6.54 Å². The molecule has 0 aliphatic carbocycles. The topological polar surface area (TPSA) is 64.4 Å². The number of fused-ring (bicyclic) bond motifs is 1. The summed E-state index contributed by atoms with van der Waals surface area (Å²) < 4.78 is 7.87. The summed E-state index contributed by atoms with van der Waals surface area (Å²) in [5.74, 6) is 0.706. The van der Waals surface area contributed by atoms with E-state index in [0.29, 0.717) is 24.8 Å². The third-order valence-electron chi connectivity index (χ3n) is 3.89. The maximum Gasteiger partial charge on any atom is 0.339 e. The molecular formula is C19H20N2O3. The lowest BCUT2D eigenvalue weighted by Gasteiger charge is -2.13. The fraction of sp³-hybridized carbons (Fsp3) is 0.263. The summed E-state index contributed by atoms with van der Waals surface area (Å²) in [4.78, 5) is 15.9. The molecule has 5 nitrogen and oxygen atoms in total. The lowest BCUT2D eigenvalue weighted by atomic mass is 10.2. The maximum atomic E-state index is 11.2. The second-order valence-corrected chi connectivity index (χ2v) is 5.91. The number of ether oxygens (including phenoxy) is 1. The first kappa shape index (κ1) is 16.1. The Labute approximate surface area is 140 Å². The molecule has 0 saturated carbocycles. The lowest BCUT2D eigenvalue weighted by Crippen LogP contribution is -2.13. The molecule has 5 heteroatoms. The van der Waals surface area contributed by atoms with Crippen molar-refractivity contribution in [3.63, 3.8) is 0 Å². The fourth-order valence-electron chi connectivity index (χ4n) is 2.79. The summed E-state index contributed by atoms with van der Waals surface area (Å²) in [5, 5.41) is 9.21. The van der Waals surface area contributed by atoms with Crippen LogP contribution in [-0.4, -0.2) is 27.2 Å². The largest absolute Gasteiger partial charge is 0.491 e. The quantitative estimate of drug-likeness (QED) is 0.746. The van der Waals surface area contributed by atoms with Gasteiger partial charge in [-0.25, -0.2) is 9.78 Å². The van der Waals surface area contributed by atoms with Crippen molar-refractivity contribution in [3.05, 3.63) is 59.9 Å². The Kier molecular flexibility index (Phi) is 4.51. The van der Waals surface area contributed by atoms with Crippen molar-refractivity contribution in [2.45, 2.75) is 26.3 Å². The number of aromatic nitrogens is 2. The second kappa shape index (κ2) is 6.74. The van der Waals surface area contributed by atoms with Crippen molar-refractivity contribution < 1.29 is 14.6 Å². The van der Waals surface area contributed by atoms with Gasteiger partial charge in [-0.15, -0.1) is 0 Å². The molecule has 0 saturated heterocycles. The van der Waals surface area contributed by atoms with E-state index in [9.17, 15) is 9.90 Å². The summed E-state index contributed by atoms with van der Waals surface area (Å²) in [6.07, 6.45) is 0. The van der Waals surface area contributed by atoms with Gasteiger partial charge in [-0.05, 0) is 24.3 Å². The minimum atomic E-state index is -0.985. The van der Waals surface area contributed by atoms with Gasteiger partial charge in [0, 0.05) is 5.92 Å². The number of hydrogen-bond acceptors (Lipinski definition) is 3. The number of imidazole rings is 1. The van der Waals surface area contributed by atoms with Gasteiger partial charge in [0.15, 0.2) is 0 Å². The van der Waals surface area contributed by atoms with Crippen molar-refractivity contribution in [3.8, 4) is 5.75 Å². The van der Waals surface area contributed by atoms with Crippen molar-refractivity contribution >= 4 is 17.0 Å². The predicted molar refractivity (Wildman–Crippen MR) is 92.7 cm³/mol. The molecule has 1 aromatic heterocycles. The average molecular weight is 324 g/mol. The number of nitrogens with zero attached hydrogens (tertiary/aromatic N) is 2. The molecule has 0 aliphatic rings. The summed E-state index contributed by atoms with van der Waals surface area (Å²) in [6, 6.07) is 14.7. The fourth-order valence-corrected chi connectivity index (χ4v) is 2.79. The molecule has 3 aromatic rings. The van der Waals surface area contributed by atoms with Gasteiger partial charge in [0.2, 0.25) is 0 Å². The van der Waals surface area contributed by atoms with Crippen LogP contribution in [0.1, 0.15) is 35.9 Å². The molecule has 0 unspecified atom stereocenters. The molecule has 2 aromatic carbocycles. The first-order valence-electron chi connectivity index (χ1n) is 7.98. The molecule has 1 N–H and O–H groups in total. The van der Waals surface area contributed by atoms with E-state index in [-0.39, 0.29) is 5.56 Å². The Hall–Kier alpha value is -2.82. The smallest absolute Gasteiger partial charge is 0.339 e. The van der Waals surface area contributed by atoms with Gasteiger partial charge >= 0.3 is 5.97 Å².